The monoisotopic (exact) mass is 226 g/mol. The van der Waals surface area contributed by atoms with Crippen molar-refractivity contribution in [3.63, 3.8) is 0 Å². The van der Waals surface area contributed by atoms with E-state index in [1.165, 1.54) is 18.3 Å². The lowest BCUT2D eigenvalue weighted by molar-refractivity contribution is 0.509. The SMILES string of the molecule is NCc1ncc(-c2ccc(Cl)c(F)c2)o1. The molecule has 0 saturated carbocycles. The van der Waals surface area contributed by atoms with Gasteiger partial charge in [-0.15, -0.1) is 0 Å². The highest BCUT2D eigenvalue weighted by Gasteiger charge is 2.07. The van der Waals surface area contributed by atoms with Crippen LogP contribution < -0.4 is 5.73 Å². The summed E-state index contributed by atoms with van der Waals surface area (Å²) in [7, 11) is 0. The first-order valence-electron chi connectivity index (χ1n) is 4.31. The van der Waals surface area contributed by atoms with Crippen LogP contribution in [-0.4, -0.2) is 4.98 Å². The maximum Gasteiger partial charge on any atom is 0.208 e. The molecule has 2 aromatic rings. The fraction of sp³-hybridized carbons (Fsp3) is 0.100. The van der Waals surface area contributed by atoms with E-state index >= 15 is 0 Å². The smallest absolute Gasteiger partial charge is 0.208 e. The third-order valence-electron chi connectivity index (χ3n) is 1.93. The highest BCUT2D eigenvalue weighted by atomic mass is 35.5. The molecule has 0 fully saturated rings. The summed E-state index contributed by atoms with van der Waals surface area (Å²) in [5, 5.41) is 0.0808. The number of nitrogens with zero attached hydrogens (tertiary/aromatic N) is 1. The molecule has 0 spiro atoms. The number of rotatable bonds is 2. The number of oxazole rings is 1. The Kier molecular flexibility index (Phi) is 2.70. The fourth-order valence-electron chi connectivity index (χ4n) is 1.19. The molecule has 2 N–H and O–H groups in total. The minimum Gasteiger partial charge on any atom is -0.439 e. The standard InChI is InChI=1S/C10H8ClFN2O/c11-7-2-1-6(3-8(7)12)9-5-14-10(4-13)15-9/h1-3,5H,4,13H2. The normalized spacial score (nSPS) is 10.6. The first-order valence-corrected chi connectivity index (χ1v) is 4.68. The van der Waals surface area contributed by atoms with E-state index in [1.54, 1.807) is 6.07 Å². The molecule has 3 nitrogen and oxygen atoms in total. The lowest BCUT2D eigenvalue weighted by Gasteiger charge is -1.97. The van der Waals surface area contributed by atoms with Crippen LogP contribution in [0.5, 0.6) is 0 Å². The Morgan fingerprint density at radius 2 is 2.27 bits per heavy atom. The van der Waals surface area contributed by atoms with Crippen LogP contribution in [0.2, 0.25) is 5.02 Å². The first-order chi connectivity index (χ1) is 7.20. The quantitative estimate of drug-likeness (QED) is 0.856. The van der Waals surface area contributed by atoms with E-state index in [0.717, 1.165) is 0 Å². The van der Waals surface area contributed by atoms with E-state index in [2.05, 4.69) is 4.98 Å². The van der Waals surface area contributed by atoms with E-state index in [9.17, 15) is 4.39 Å². The number of aromatic nitrogens is 1. The third-order valence-corrected chi connectivity index (χ3v) is 2.24. The van der Waals surface area contributed by atoms with Gasteiger partial charge in [0.05, 0.1) is 17.8 Å². The molecule has 0 atom stereocenters. The van der Waals surface area contributed by atoms with Crippen molar-refractivity contribution in [1.29, 1.82) is 0 Å². The van der Waals surface area contributed by atoms with Gasteiger partial charge >= 0.3 is 0 Å². The fourth-order valence-corrected chi connectivity index (χ4v) is 1.31. The summed E-state index contributed by atoms with van der Waals surface area (Å²) in [4.78, 5) is 3.92. The van der Waals surface area contributed by atoms with Gasteiger partial charge < -0.3 is 10.2 Å². The average molecular weight is 227 g/mol. The third kappa shape index (κ3) is 2.00. The van der Waals surface area contributed by atoms with Crippen molar-refractivity contribution in [2.75, 3.05) is 0 Å². The van der Waals surface area contributed by atoms with Crippen LogP contribution in [0.15, 0.2) is 28.8 Å². The molecule has 1 heterocycles. The molecule has 0 saturated heterocycles. The molecule has 0 aliphatic carbocycles. The van der Waals surface area contributed by atoms with Crippen LogP contribution >= 0.6 is 11.6 Å². The van der Waals surface area contributed by atoms with Gasteiger partial charge in [-0.2, -0.15) is 0 Å². The number of hydrogen-bond acceptors (Lipinski definition) is 3. The van der Waals surface area contributed by atoms with Crippen molar-refractivity contribution in [3.8, 4) is 11.3 Å². The van der Waals surface area contributed by atoms with Crippen molar-refractivity contribution in [1.82, 2.24) is 4.98 Å². The minimum atomic E-state index is -0.486. The Hall–Kier alpha value is -1.39. The van der Waals surface area contributed by atoms with Crippen LogP contribution in [0.3, 0.4) is 0 Å². The molecule has 0 unspecified atom stereocenters. The second-order valence-electron chi connectivity index (χ2n) is 2.95. The minimum absolute atomic E-state index is 0.0808. The van der Waals surface area contributed by atoms with Crippen LogP contribution in [-0.2, 0) is 6.54 Å². The molecule has 78 valence electrons. The van der Waals surface area contributed by atoms with E-state index in [1.807, 2.05) is 0 Å². The molecule has 2 rings (SSSR count). The summed E-state index contributed by atoms with van der Waals surface area (Å²) in [6.45, 7) is 0.218. The molecule has 0 radical (unpaired) electrons. The molecule has 1 aromatic carbocycles. The predicted octanol–water partition coefficient (Wildman–Crippen LogP) is 2.59. The second-order valence-corrected chi connectivity index (χ2v) is 3.36. The van der Waals surface area contributed by atoms with Crippen molar-refractivity contribution in [3.05, 3.63) is 41.1 Å². The zero-order valence-corrected chi connectivity index (χ0v) is 8.46. The van der Waals surface area contributed by atoms with Crippen molar-refractivity contribution in [2.24, 2.45) is 5.73 Å². The van der Waals surface area contributed by atoms with Gasteiger partial charge in [-0.25, -0.2) is 9.37 Å². The molecule has 0 aliphatic rings. The average Bonchev–Trinajstić information content (AvgIpc) is 2.70. The van der Waals surface area contributed by atoms with Gasteiger partial charge in [0, 0.05) is 5.56 Å². The number of halogens is 2. The molecule has 5 heteroatoms. The largest absolute Gasteiger partial charge is 0.439 e. The van der Waals surface area contributed by atoms with Gasteiger partial charge in [-0.05, 0) is 18.2 Å². The summed E-state index contributed by atoms with van der Waals surface area (Å²) in [6.07, 6.45) is 1.50. The number of hydrogen-bond donors (Lipinski definition) is 1. The van der Waals surface area contributed by atoms with Crippen molar-refractivity contribution < 1.29 is 8.81 Å². The highest BCUT2D eigenvalue weighted by Crippen LogP contribution is 2.24. The highest BCUT2D eigenvalue weighted by molar-refractivity contribution is 6.30. The van der Waals surface area contributed by atoms with Crippen LogP contribution in [0.25, 0.3) is 11.3 Å². The van der Waals surface area contributed by atoms with E-state index in [4.69, 9.17) is 21.8 Å². The van der Waals surface area contributed by atoms with Gasteiger partial charge in [0.1, 0.15) is 5.82 Å². The van der Waals surface area contributed by atoms with Crippen molar-refractivity contribution in [2.45, 2.75) is 6.54 Å². The summed E-state index contributed by atoms with van der Waals surface area (Å²) in [5.74, 6) is 0.409. The zero-order chi connectivity index (χ0) is 10.8. The molecule has 15 heavy (non-hydrogen) atoms. The van der Waals surface area contributed by atoms with Gasteiger partial charge in [-0.3, -0.25) is 0 Å². The Balaban J connectivity index is 2.40. The first kappa shape index (κ1) is 10.1. The van der Waals surface area contributed by atoms with E-state index < -0.39 is 5.82 Å². The summed E-state index contributed by atoms with van der Waals surface area (Å²) < 4.78 is 18.4. The van der Waals surface area contributed by atoms with Gasteiger partial charge in [-0.1, -0.05) is 11.6 Å². The van der Waals surface area contributed by atoms with Crippen LogP contribution in [0.4, 0.5) is 4.39 Å². The number of nitrogens with two attached hydrogens (primary N) is 1. The predicted molar refractivity (Wildman–Crippen MR) is 54.8 cm³/mol. The van der Waals surface area contributed by atoms with Gasteiger partial charge in [0.15, 0.2) is 5.76 Å². The lowest BCUT2D eigenvalue weighted by atomic mass is 10.2. The topological polar surface area (TPSA) is 52.0 Å². The molecule has 0 amide bonds. The van der Waals surface area contributed by atoms with Gasteiger partial charge in [0.2, 0.25) is 5.89 Å². The molecular weight excluding hydrogens is 219 g/mol. The lowest BCUT2D eigenvalue weighted by Crippen LogP contribution is -1.94. The number of benzene rings is 1. The molecule has 1 aromatic heterocycles. The molecule has 0 bridgehead atoms. The Labute approximate surface area is 90.7 Å². The van der Waals surface area contributed by atoms with E-state index in [0.29, 0.717) is 17.2 Å². The second kappa shape index (κ2) is 4.00. The summed E-state index contributed by atoms with van der Waals surface area (Å²) >= 11 is 5.56. The van der Waals surface area contributed by atoms with Gasteiger partial charge in [0.25, 0.3) is 0 Å². The van der Waals surface area contributed by atoms with Crippen LogP contribution in [0.1, 0.15) is 5.89 Å². The summed E-state index contributed by atoms with van der Waals surface area (Å²) in [5.41, 5.74) is 5.93. The molecule has 0 aliphatic heterocycles. The summed E-state index contributed by atoms with van der Waals surface area (Å²) in [6, 6.07) is 4.42. The molecular formula is C10H8ClFN2O. The maximum absolute atomic E-state index is 13.1. The Morgan fingerprint density at radius 1 is 1.47 bits per heavy atom. The Bertz CT molecular complexity index is 484. The van der Waals surface area contributed by atoms with Crippen LogP contribution in [0, 0.1) is 5.82 Å². The van der Waals surface area contributed by atoms with Crippen molar-refractivity contribution >= 4 is 11.6 Å². The Morgan fingerprint density at radius 3 is 2.87 bits per heavy atom. The zero-order valence-electron chi connectivity index (χ0n) is 7.71. The van der Waals surface area contributed by atoms with E-state index in [-0.39, 0.29) is 11.6 Å². The maximum atomic E-state index is 13.1.